The summed E-state index contributed by atoms with van der Waals surface area (Å²) in [7, 11) is 2.00. The fourth-order valence-electron chi connectivity index (χ4n) is 4.76. The molecule has 0 spiro atoms. The molecule has 0 fully saturated rings. The van der Waals surface area contributed by atoms with Crippen molar-refractivity contribution in [3.63, 3.8) is 0 Å². The molecule has 6 heteroatoms. The van der Waals surface area contributed by atoms with Crippen LogP contribution in [0.5, 0.6) is 0 Å². The van der Waals surface area contributed by atoms with Gasteiger partial charge in [-0.2, -0.15) is 0 Å². The van der Waals surface area contributed by atoms with Crippen LogP contribution in [0.25, 0.3) is 22.2 Å². The number of aromatic nitrogens is 2. The van der Waals surface area contributed by atoms with Crippen molar-refractivity contribution in [1.82, 2.24) is 19.8 Å². The highest BCUT2D eigenvalue weighted by Crippen LogP contribution is 2.38. The summed E-state index contributed by atoms with van der Waals surface area (Å²) in [6.45, 7) is 11.2. The molecule has 170 valence electrons. The van der Waals surface area contributed by atoms with Gasteiger partial charge in [0, 0.05) is 44.5 Å². The molecule has 0 bridgehead atoms. The Morgan fingerprint density at radius 2 is 1.94 bits per heavy atom. The smallest absolute Gasteiger partial charge is 0.254 e. The van der Waals surface area contributed by atoms with Crippen molar-refractivity contribution in [1.29, 1.82) is 0 Å². The lowest BCUT2D eigenvalue weighted by Crippen LogP contribution is -2.34. The number of anilines is 1. The number of likely N-dealkylation sites (N-methyl/N-ethyl adjacent to an activating group) is 1. The second-order valence-electron chi connectivity index (χ2n) is 9.85. The third-order valence-corrected chi connectivity index (χ3v) is 6.78. The number of allylic oxidation sites excluding steroid dienone is 2. The van der Waals surface area contributed by atoms with Gasteiger partial charge >= 0.3 is 0 Å². The average molecular weight is 442 g/mol. The number of nitrogens with one attached hydrogen (secondary N) is 2. The van der Waals surface area contributed by atoms with E-state index < -0.39 is 0 Å². The second-order valence-corrected chi connectivity index (χ2v) is 9.85. The summed E-state index contributed by atoms with van der Waals surface area (Å²) in [6.07, 6.45) is 8.21. The average Bonchev–Trinajstić information content (AvgIpc) is 3.37. The summed E-state index contributed by atoms with van der Waals surface area (Å²) in [5, 5.41) is 7.70. The van der Waals surface area contributed by atoms with Crippen molar-refractivity contribution in [2.24, 2.45) is 12.5 Å². The lowest BCUT2D eigenvalue weighted by atomic mass is 9.85. The largest absolute Gasteiger partial charge is 0.354 e. The summed E-state index contributed by atoms with van der Waals surface area (Å²) >= 11 is 0. The Labute approximate surface area is 195 Å². The molecule has 0 saturated heterocycles. The Hall–Kier alpha value is -3.54. The van der Waals surface area contributed by atoms with Gasteiger partial charge in [0.2, 0.25) is 0 Å². The molecule has 0 radical (unpaired) electrons. The van der Waals surface area contributed by atoms with E-state index in [0.29, 0.717) is 6.54 Å². The zero-order valence-electron chi connectivity index (χ0n) is 20.0. The molecule has 0 aliphatic carbocycles. The minimum Gasteiger partial charge on any atom is -0.354 e. The van der Waals surface area contributed by atoms with E-state index in [1.165, 1.54) is 5.57 Å². The van der Waals surface area contributed by atoms with Crippen LogP contribution in [0.4, 0.5) is 5.69 Å². The van der Waals surface area contributed by atoms with Crippen molar-refractivity contribution in [2.75, 3.05) is 18.4 Å². The summed E-state index contributed by atoms with van der Waals surface area (Å²) in [5.74, 6) is 0.993. The number of fused-ring (bicyclic) bond motifs is 2. The van der Waals surface area contributed by atoms with E-state index in [4.69, 9.17) is 0 Å². The summed E-state index contributed by atoms with van der Waals surface area (Å²) < 4.78 is 2.02. The monoisotopic (exact) mass is 441 g/mol. The number of carbonyl (C=O) groups is 1. The summed E-state index contributed by atoms with van der Waals surface area (Å²) in [4.78, 5) is 19.7. The number of carbonyl (C=O) groups excluding carboxylic acids is 1. The first-order chi connectivity index (χ1) is 15.8. The van der Waals surface area contributed by atoms with Gasteiger partial charge in [0.05, 0.1) is 11.3 Å². The molecule has 6 nitrogen and oxygen atoms in total. The molecule has 2 aliphatic heterocycles. The van der Waals surface area contributed by atoms with E-state index in [1.54, 1.807) is 0 Å². The lowest BCUT2D eigenvalue weighted by molar-refractivity contribution is 0.0966. The van der Waals surface area contributed by atoms with Gasteiger partial charge < -0.3 is 20.1 Å². The Balaban J connectivity index is 1.57. The topological polar surface area (TPSA) is 62.2 Å². The van der Waals surface area contributed by atoms with E-state index in [-0.39, 0.29) is 11.3 Å². The van der Waals surface area contributed by atoms with Crippen LogP contribution < -0.4 is 10.6 Å². The standard InChI is InChI=1S/C27H31N5O/c1-6-32-16-17(27(2,3)4)7-10-23(32)30-22-9-8-18(21-15-29-26(33)24(21)22)19-11-13-28-25-20(19)12-14-31(25)5/h7-14,30H,6,15-16H2,1-5H3,(H,29,33). The molecule has 5 rings (SSSR count). The molecule has 2 aliphatic rings. The quantitative estimate of drug-likeness (QED) is 0.595. The molecular formula is C27H31N5O. The SMILES string of the molecule is CCN1CC(C(C)(C)C)=CC=C1Nc1ccc(-c2ccnc3c2ccn3C)c2c1C(=O)NC2. The van der Waals surface area contributed by atoms with Crippen molar-refractivity contribution < 1.29 is 4.79 Å². The first-order valence-electron chi connectivity index (χ1n) is 11.6. The van der Waals surface area contributed by atoms with Gasteiger partial charge in [-0.1, -0.05) is 32.9 Å². The predicted octanol–water partition coefficient (Wildman–Crippen LogP) is 5.05. The van der Waals surface area contributed by atoms with Crippen molar-refractivity contribution in [3.8, 4) is 11.1 Å². The van der Waals surface area contributed by atoms with Gasteiger partial charge in [0.15, 0.2) is 0 Å². The van der Waals surface area contributed by atoms with Crippen LogP contribution in [-0.2, 0) is 13.6 Å². The third kappa shape index (κ3) is 3.59. The van der Waals surface area contributed by atoms with Crippen molar-refractivity contribution in [2.45, 2.75) is 34.2 Å². The van der Waals surface area contributed by atoms with Crippen LogP contribution in [0.3, 0.4) is 0 Å². The molecule has 33 heavy (non-hydrogen) atoms. The molecule has 1 aromatic carbocycles. The minimum absolute atomic E-state index is 0.0295. The molecule has 2 aromatic heterocycles. The number of pyridine rings is 1. The number of amides is 1. The molecule has 4 heterocycles. The number of hydrogen-bond acceptors (Lipinski definition) is 4. The summed E-state index contributed by atoms with van der Waals surface area (Å²) in [5.41, 5.74) is 7.26. The zero-order valence-corrected chi connectivity index (χ0v) is 20.0. The maximum absolute atomic E-state index is 12.9. The van der Waals surface area contributed by atoms with Crippen LogP contribution in [0.1, 0.15) is 43.6 Å². The van der Waals surface area contributed by atoms with Crippen LogP contribution >= 0.6 is 0 Å². The maximum Gasteiger partial charge on any atom is 0.254 e. The second kappa shape index (κ2) is 7.80. The minimum atomic E-state index is -0.0295. The molecule has 0 unspecified atom stereocenters. The van der Waals surface area contributed by atoms with Crippen molar-refractivity contribution >= 4 is 22.6 Å². The number of nitrogens with zero attached hydrogens (tertiary/aromatic N) is 3. The fourth-order valence-corrected chi connectivity index (χ4v) is 4.76. The highest BCUT2D eigenvalue weighted by molar-refractivity contribution is 6.07. The van der Waals surface area contributed by atoms with Crippen LogP contribution in [0.2, 0.25) is 0 Å². The van der Waals surface area contributed by atoms with Crippen LogP contribution in [-0.4, -0.2) is 33.4 Å². The molecule has 1 amide bonds. The summed E-state index contributed by atoms with van der Waals surface area (Å²) in [6, 6.07) is 8.28. The van der Waals surface area contributed by atoms with Gasteiger partial charge in [-0.15, -0.1) is 0 Å². The fraction of sp³-hybridized carbons (Fsp3) is 0.333. The Kier molecular flexibility index (Phi) is 5.04. The maximum atomic E-state index is 12.9. The van der Waals surface area contributed by atoms with Crippen LogP contribution in [0.15, 0.2) is 60.2 Å². The van der Waals surface area contributed by atoms with Gasteiger partial charge in [-0.25, -0.2) is 4.98 Å². The molecule has 3 aromatic rings. The number of benzene rings is 1. The zero-order chi connectivity index (χ0) is 23.3. The first-order valence-corrected chi connectivity index (χ1v) is 11.6. The van der Waals surface area contributed by atoms with E-state index in [1.807, 2.05) is 36.1 Å². The highest BCUT2D eigenvalue weighted by Gasteiger charge is 2.28. The van der Waals surface area contributed by atoms with Gasteiger partial charge in [-0.05, 0) is 58.9 Å². The van der Waals surface area contributed by atoms with Crippen LogP contribution in [0, 0.1) is 5.41 Å². The van der Waals surface area contributed by atoms with Crippen molar-refractivity contribution in [3.05, 3.63) is 71.3 Å². The van der Waals surface area contributed by atoms with E-state index in [2.05, 4.69) is 72.5 Å². The Bertz CT molecular complexity index is 1320. The molecule has 0 atom stereocenters. The Morgan fingerprint density at radius 3 is 2.70 bits per heavy atom. The Morgan fingerprint density at radius 1 is 1.12 bits per heavy atom. The van der Waals surface area contributed by atoms with Gasteiger partial charge in [-0.3, -0.25) is 4.79 Å². The van der Waals surface area contributed by atoms with E-state index in [0.717, 1.165) is 57.9 Å². The number of rotatable bonds is 4. The molecular weight excluding hydrogens is 410 g/mol. The number of hydrogen-bond donors (Lipinski definition) is 2. The highest BCUT2D eigenvalue weighted by atomic mass is 16.1. The van der Waals surface area contributed by atoms with E-state index in [9.17, 15) is 4.79 Å². The predicted molar refractivity (Wildman–Crippen MR) is 134 cm³/mol. The third-order valence-electron chi connectivity index (χ3n) is 6.78. The molecule has 0 saturated carbocycles. The molecule has 2 N–H and O–H groups in total. The number of aryl methyl sites for hydroxylation is 1. The van der Waals surface area contributed by atoms with Gasteiger partial charge in [0.25, 0.3) is 5.91 Å². The first kappa shape index (κ1) is 21.3. The van der Waals surface area contributed by atoms with Gasteiger partial charge in [0.1, 0.15) is 11.5 Å². The normalized spacial score (nSPS) is 15.9. The van der Waals surface area contributed by atoms with E-state index >= 15 is 0 Å². The lowest BCUT2D eigenvalue weighted by Gasteiger charge is -2.35.